The molecule has 0 aromatic carbocycles. The Hall–Kier alpha value is -1.85. The summed E-state index contributed by atoms with van der Waals surface area (Å²) in [6, 6.07) is -0.826. The van der Waals surface area contributed by atoms with Gasteiger partial charge in [0.15, 0.2) is 0 Å². The predicted molar refractivity (Wildman–Crippen MR) is 93.9 cm³/mol. The van der Waals surface area contributed by atoms with Crippen LogP contribution >= 0.6 is 0 Å². The number of nitrogens with zero attached hydrogens (tertiary/aromatic N) is 2. The Kier molecular flexibility index (Phi) is 7.45. The van der Waals surface area contributed by atoms with Gasteiger partial charge in [0.2, 0.25) is 5.91 Å². The number of carbonyl (C=O) groups excluding carboxylic acids is 1. The first kappa shape index (κ1) is 20.2. The lowest BCUT2D eigenvalue weighted by Crippen LogP contribution is -2.45. The monoisotopic (exact) mass is 337 g/mol. The van der Waals surface area contributed by atoms with Crippen molar-refractivity contribution >= 4 is 11.9 Å². The first-order valence-corrected chi connectivity index (χ1v) is 8.72. The molecule has 2 N–H and O–H groups in total. The highest BCUT2D eigenvalue weighted by Gasteiger charge is 2.25. The highest BCUT2D eigenvalue weighted by atomic mass is 16.4. The second-order valence-corrected chi connectivity index (χ2v) is 6.99. The fraction of sp³-hybridized carbons (Fsp3) is 0.722. The van der Waals surface area contributed by atoms with Crippen molar-refractivity contribution in [3.8, 4) is 0 Å². The van der Waals surface area contributed by atoms with Gasteiger partial charge in [0.05, 0.1) is 5.69 Å². The molecule has 1 amide bonds. The first-order valence-electron chi connectivity index (χ1n) is 8.72. The molecule has 1 aromatic rings. The number of carboxylic acid groups (broad SMARTS) is 1. The van der Waals surface area contributed by atoms with Crippen molar-refractivity contribution < 1.29 is 14.7 Å². The molecular weight excluding hydrogens is 306 g/mol. The van der Waals surface area contributed by atoms with Gasteiger partial charge < -0.3 is 10.4 Å². The van der Waals surface area contributed by atoms with E-state index in [1.54, 1.807) is 0 Å². The van der Waals surface area contributed by atoms with E-state index in [4.69, 9.17) is 0 Å². The largest absolute Gasteiger partial charge is 0.480 e. The Morgan fingerprint density at radius 1 is 1.25 bits per heavy atom. The number of hydrogen-bond donors (Lipinski definition) is 2. The minimum Gasteiger partial charge on any atom is -0.480 e. The van der Waals surface area contributed by atoms with Crippen LogP contribution < -0.4 is 5.32 Å². The summed E-state index contributed by atoms with van der Waals surface area (Å²) in [7, 11) is 0. The normalized spacial score (nSPS) is 13.8. The van der Waals surface area contributed by atoms with Gasteiger partial charge in [-0.05, 0) is 37.7 Å². The van der Waals surface area contributed by atoms with Crippen LogP contribution in [-0.2, 0) is 22.6 Å². The van der Waals surface area contributed by atoms with Crippen LogP contribution in [-0.4, -0.2) is 32.8 Å². The lowest BCUT2D eigenvalue weighted by Gasteiger charge is -2.20. The van der Waals surface area contributed by atoms with E-state index >= 15 is 0 Å². The van der Waals surface area contributed by atoms with Crippen LogP contribution in [0.5, 0.6) is 0 Å². The minimum atomic E-state index is -0.977. The molecule has 0 saturated carbocycles. The van der Waals surface area contributed by atoms with E-state index in [2.05, 4.69) is 24.3 Å². The van der Waals surface area contributed by atoms with Gasteiger partial charge in [0.1, 0.15) is 6.04 Å². The Morgan fingerprint density at radius 2 is 1.88 bits per heavy atom. The second kappa shape index (κ2) is 8.85. The number of amides is 1. The standard InChI is InChI=1S/C18H31N3O3/c1-7-12(4)17(18(23)24)19-16(22)9-8-15-13(5)20-21(14(15)6)10-11(2)3/h11-12,17H,7-10H2,1-6H3,(H,19,22)(H,23,24). The fourth-order valence-electron chi connectivity index (χ4n) is 2.79. The Morgan fingerprint density at radius 3 is 2.38 bits per heavy atom. The molecule has 0 aliphatic heterocycles. The quantitative estimate of drug-likeness (QED) is 0.725. The summed E-state index contributed by atoms with van der Waals surface area (Å²) in [4.78, 5) is 23.5. The molecule has 0 saturated heterocycles. The molecule has 0 bridgehead atoms. The molecule has 0 aliphatic carbocycles. The van der Waals surface area contributed by atoms with Crippen molar-refractivity contribution in [2.45, 2.75) is 73.4 Å². The molecule has 2 unspecified atom stereocenters. The number of aromatic nitrogens is 2. The van der Waals surface area contributed by atoms with Gasteiger partial charge in [-0.15, -0.1) is 0 Å². The van der Waals surface area contributed by atoms with Crippen molar-refractivity contribution in [2.75, 3.05) is 0 Å². The van der Waals surface area contributed by atoms with Crippen LogP contribution in [0.4, 0.5) is 0 Å². The third kappa shape index (κ3) is 5.35. The molecular formula is C18H31N3O3. The van der Waals surface area contributed by atoms with E-state index in [1.807, 2.05) is 32.4 Å². The van der Waals surface area contributed by atoms with E-state index in [-0.39, 0.29) is 18.2 Å². The summed E-state index contributed by atoms with van der Waals surface area (Å²) in [6.07, 6.45) is 1.56. The molecule has 0 radical (unpaired) electrons. The molecule has 136 valence electrons. The zero-order chi connectivity index (χ0) is 18.4. The SMILES string of the molecule is CCC(C)C(NC(=O)CCc1c(C)nn(CC(C)C)c1C)C(=O)O. The third-order valence-corrected chi connectivity index (χ3v) is 4.47. The van der Waals surface area contributed by atoms with Gasteiger partial charge in [0, 0.05) is 18.7 Å². The fourth-order valence-corrected chi connectivity index (χ4v) is 2.79. The van der Waals surface area contributed by atoms with Gasteiger partial charge in [-0.3, -0.25) is 9.48 Å². The van der Waals surface area contributed by atoms with Crippen molar-refractivity contribution in [1.29, 1.82) is 0 Å². The highest BCUT2D eigenvalue weighted by Crippen LogP contribution is 2.17. The van der Waals surface area contributed by atoms with Gasteiger partial charge >= 0.3 is 5.97 Å². The molecule has 0 aliphatic rings. The maximum Gasteiger partial charge on any atom is 0.326 e. The summed E-state index contributed by atoms with van der Waals surface area (Å²) < 4.78 is 1.99. The summed E-state index contributed by atoms with van der Waals surface area (Å²) >= 11 is 0. The second-order valence-electron chi connectivity index (χ2n) is 6.99. The smallest absolute Gasteiger partial charge is 0.326 e. The number of carbonyl (C=O) groups is 2. The van der Waals surface area contributed by atoms with Crippen LogP contribution in [0.25, 0.3) is 0 Å². The summed E-state index contributed by atoms with van der Waals surface area (Å²) in [5.74, 6) is -0.789. The van der Waals surface area contributed by atoms with Crippen molar-refractivity contribution in [2.24, 2.45) is 11.8 Å². The summed E-state index contributed by atoms with van der Waals surface area (Å²) in [5, 5.41) is 16.5. The van der Waals surface area contributed by atoms with Gasteiger partial charge in [-0.1, -0.05) is 34.1 Å². The lowest BCUT2D eigenvalue weighted by atomic mass is 9.99. The van der Waals surface area contributed by atoms with Crippen LogP contribution in [0.15, 0.2) is 0 Å². The van der Waals surface area contributed by atoms with E-state index < -0.39 is 12.0 Å². The number of carboxylic acids is 1. The van der Waals surface area contributed by atoms with E-state index in [9.17, 15) is 14.7 Å². The molecule has 1 aromatic heterocycles. The topological polar surface area (TPSA) is 84.2 Å². The molecule has 1 rings (SSSR count). The Bertz CT molecular complexity index is 578. The van der Waals surface area contributed by atoms with Crippen molar-refractivity contribution in [3.63, 3.8) is 0 Å². The Labute approximate surface area is 144 Å². The molecule has 6 nitrogen and oxygen atoms in total. The van der Waals surface area contributed by atoms with E-state index in [1.165, 1.54) is 0 Å². The van der Waals surface area contributed by atoms with Gasteiger partial charge in [-0.2, -0.15) is 5.10 Å². The number of aliphatic carboxylic acids is 1. The maximum absolute atomic E-state index is 12.2. The number of nitrogens with one attached hydrogen (secondary N) is 1. The van der Waals surface area contributed by atoms with Crippen LogP contribution in [0, 0.1) is 25.7 Å². The van der Waals surface area contributed by atoms with Gasteiger partial charge in [0.25, 0.3) is 0 Å². The average molecular weight is 337 g/mol. The summed E-state index contributed by atoms with van der Waals surface area (Å²) in [5.41, 5.74) is 3.12. The van der Waals surface area contributed by atoms with Crippen molar-refractivity contribution in [1.82, 2.24) is 15.1 Å². The number of aryl methyl sites for hydroxylation is 1. The zero-order valence-corrected chi connectivity index (χ0v) is 15.7. The van der Waals surface area contributed by atoms with Crippen molar-refractivity contribution in [3.05, 3.63) is 17.0 Å². The highest BCUT2D eigenvalue weighted by molar-refractivity contribution is 5.83. The van der Waals surface area contributed by atoms with Gasteiger partial charge in [-0.25, -0.2) is 4.79 Å². The predicted octanol–water partition coefficient (Wildman–Crippen LogP) is 2.70. The zero-order valence-electron chi connectivity index (χ0n) is 15.7. The Balaban J connectivity index is 2.70. The first-order chi connectivity index (χ1) is 11.2. The van der Waals surface area contributed by atoms with E-state index in [0.717, 1.165) is 23.5 Å². The van der Waals surface area contributed by atoms with Crippen LogP contribution in [0.2, 0.25) is 0 Å². The minimum absolute atomic E-state index is 0.0938. The number of hydrogen-bond acceptors (Lipinski definition) is 3. The molecule has 0 fully saturated rings. The molecule has 6 heteroatoms. The molecule has 2 atom stereocenters. The number of rotatable bonds is 9. The maximum atomic E-state index is 12.2. The molecule has 1 heterocycles. The lowest BCUT2D eigenvalue weighted by molar-refractivity contribution is -0.143. The molecule has 0 spiro atoms. The van der Waals surface area contributed by atoms with Crippen LogP contribution in [0.3, 0.4) is 0 Å². The summed E-state index contributed by atoms with van der Waals surface area (Å²) in [6.45, 7) is 12.9. The van der Waals surface area contributed by atoms with E-state index in [0.29, 0.717) is 18.8 Å². The molecule has 24 heavy (non-hydrogen) atoms. The average Bonchev–Trinajstić information content (AvgIpc) is 2.75. The van der Waals surface area contributed by atoms with Crippen LogP contribution in [0.1, 0.15) is 57.5 Å². The third-order valence-electron chi connectivity index (χ3n) is 4.47.